The van der Waals surface area contributed by atoms with E-state index in [1.807, 2.05) is 25.2 Å². The highest BCUT2D eigenvalue weighted by Gasteiger charge is 2.36. The normalized spacial score (nSPS) is 26.6. The molecule has 6 heteroatoms. The van der Waals surface area contributed by atoms with Gasteiger partial charge in [-0.05, 0) is 50.9 Å². The standard InChI is InChI=1S/C19H26N4O2/c1-22-13-5-4-6-14(22)10-12(9-13)20-19(24)18-16-11-15(25-3)7-8-17(16)23(2)21-18/h7-8,11-14H,4-6,9-10H2,1-3H3,(H,20,24)/t13-,14-/m0/s1. The second-order valence-corrected chi connectivity index (χ2v) is 7.40. The second-order valence-electron chi connectivity index (χ2n) is 7.40. The van der Waals surface area contributed by atoms with Crippen LogP contribution < -0.4 is 10.1 Å². The molecule has 2 aromatic rings. The van der Waals surface area contributed by atoms with Crippen molar-refractivity contribution in [3.63, 3.8) is 0 Å². The third-order valence-electron chi connectivity index (χ3n) is 5.95. The molecule has 3 heterocycles. The summed E-state index contributed by atoms with van der Waals surface area (Å²) < 4.78 is 7.06. The molecule has 0 aliphatic carbocycles. The number of hydrogen-bond acceptors (Lipinski definition) is 4. The monoisotopic (exact) mass is 342 g/mol. The van der Waals surface area contributed by atoms with Crippen LogP contribution in [0.1, 0.15) is 42.6 Å². The summed E-state index contributed by atoms with van der Waals surface area (Å²) in [6, 6.07) is 7.15. The van der Waals surface area contributed by atoms with Crippen LogP contribution in [0.2, 0.25) is 0 Å². The van der Waals surface area contributed by atoms with Crippen molar-refractivity contribution in [1.82, 2.24) is 20.0 Å². The first-order chi connectivity index (χ1) is 12.1. The van der Waals surface area contributed by atoms with Crippen LogP contribution in [-0.2, 0) is 7.05 Å². The van der Waals surface area contributed by atoms with Crippen LogP contribution in [0.4, 0.5) is 0 Å². The van der Waals surface area contributed by atoms with Gasteiger partial charge in [-0.15, -0.1) is 0 Å². The predicted molar refractivity (Wildman–Crippen MR) is 96.9 cm³/mol. The Hall–Kier alpha value is -2.08. The van der Waals surface area contributed by atoms with Crippen LogP contribution in [0.25, 0.3) is 10.9 Å². The number of nitrogens with one attached hydrogen (secondary N) is 1. The zero-order chi connectivity index (χ0) is 17.6. The van der Waals surface area contributed by atoms with Gasteiger partial charge in [0.2, 0.25) is 0 Å². The molecule has 2 fully saturated rings. The van der Waals surface area contributed by atoms with Gasteiger partial charge < -0.3 is 15.0 Å². The van der Waals surface area contributed by atoms with E-state index >= 15 is 0 Å². The van der Waals surface area contributed by atoms with E-state index in [0.29, 0.717) is 17.8 Å². The predicted octanol–water partition coefficient (Wildman–Crippen LogP) is 2.33. The average Bonchev–Trinajstić information content (AvgIpc) is 2.92. The molecule has 0 radical (unpaired) electrons. The van der Waals surface area contributed by atoms with Gasteiger partial charge in [0.1, 0.15) is 5.75 Å². The van der Waals surface area contributed by atoms with E-state index < -0.39 is 0 Å². The van der Waals surface area contributed by atoms with Crippen LogP contribution in [0.5, 0.6) is 5.75 Å². The maximum Gasteiger partial charge on any atom is 0.272 e. The first-order valence-corrected chi connectivity index (χ1v) is 9.10. The van der Waals surface area contributed by atoms with Crippen LogP contribution in [0, 0.1) is 0 Å². The molecule has 2 bridgehead atoms. The Kier molecular flexibility index (Phi) is 4.15. The first-order valence-electron chi connectivity index (χ1n) is 9.10. The zero-order valence-electron chi connectivity index (χ0n) is 15.2. The lowest BCUT2D eigenvalue weighted by atomic mass is 9.82. The Balaban J connectivity index is 1.56. The van der Waals surface area contributed by atoms with E-state index in [2.05, 4.69) is 22.4 Å². The van der Waals surface area contributed by atoms with E-state index in [9.17, 15) is 4.79 Å². The lowest BCUT2D eigenvalue weighted by Crippen LogP contribution is -2.55. The maximum absolute atomic E-state index is 12.9. The number of rotatable bonds is 3. The Morgan fingerprint density at radius 2 is 1.96 bits per heavy atom. The Morgan fingerprint density at radius 3 is 2.64 bits per heavy atom. The third kappa shape index (κ3) is 2.88. The number of hydrogen-bond donors (Lipinski definition) is 1. The molecule has 2 aliphatic rings. The molecule has 1 aromatic carbocycles. The topological polar surface area (TPSA) is 59.4 Å². The highest BCUT2D eigenvalue weighted by molar-refractivity contribution is 6.05. The van der Waals surface area contributed by atoms with Gasteiger partial charge in [0.05, 0.1) is 12.6 Å². The molecule has 134 valence electrons. The van der Waals surface area contributed by atoms with Crippen molar-refractivity contribution in [2.24, 2.45) is 7.05 Å². The number of carbonyl (C=O) groups excluding carboxylic acids is 1. The number of amides is 1. The summed E-state index contributed by atoms with van der Waals surface area (Å²) in [7, 11) is 5.73. The highest BCUT2D eigenvalue weighted by atomic mass is 16.5. The minimum Gasteiger partial charge on any atom is -0.497 e. The van der Waals surface area contributed by atoms with Gasteiger partial charge in [-0.1, -0.05) is 6.42 Å². The van der Waals surface area contributed by atoms with Gasteiger partial charge in [0.25, 0.3) is 5.91 Å². The van der Waals surface area contributed by atoms with Crippen molar-refractivity contribution in [1.29, 1.82) is 0 Å². The Bertz CT molecular complexity index is 786. The van der Waals surface area contributed by atoms with Gasteiger partial charge in [-0.2, -0.15) is 5.10 Å². The molecule has 2 atom stereocenters. The molecule has 1 aromatic heterocycles. The molecule has 6 nitrogen and oxygen atoms in total. The largest absolute Gasteiger partial charge is 0.497 e. The molecule has 2 aliphatic heterocycles. The molecule has 2 saturated heterocycles. The molecule has 25 heavy (non-hydrogen) atoms. The van der Waals surface area contributed by atoms with Gasteiger partial charge in [-0.25, -0.2) is 0 Å². The van der Waals surface area contributed by atoms with Crippen LogP contribution >= 0.6 is 0 Å². The minimum atomic E-state index is -0.0773. The van der Waals surface area contributed by atoms with Gasteiger partial charge in [-0.3, -0.25) is 9.48 Å². The van der Waals surface area contributed by atoms with Crippen LogP contribution in [0.3, 0.4) is 0 Å². The fraction of sp³-hybridized carbons (Fsp3) is 0.579. The number of piperidine rings is 2. The van der Waals surface area contributed by atoms with E-state index in [1.165, 1.54) is 19.3 Å². The second kappa shape index (κ2) is 6.33. The number of benzene rings is 1. The quantitative estimate of drug-likeness (QED) is 0.930. The maximum atomic E-state index is 12.9. The van der Waals surface area contributed by atoms with E-state index in [-0.39, 0.29) is 11.9 Å². The smallest absolute Gasteiger partial charge is 0.272 e. The molecular weight excluding hydrogens is 316 g/mol. The zero-order valence-corrected chi connectivity index (χ0v) is 15.2. The van der Waals surface area contributed by atoms with Crippen molar-refractivity contribution >= 4 is 16.8 Å². The summed E-state index contributed by atoms with van der Waals surface area (Å²) in [6.07, 6.45) is 5.86. The summed E-state index contributed by atoms with van der Waals surface area (Å²) in [4.78, 5) is 15.4. The fourth-order valence-corrected chi connectivity index (χ4v) is 4.53. The first kappa shape index (κ1) is 16.4. The highest BCUT2D eigenvalue weighted by Crippen LogP contribution is 2.33. The van der Waals surface area contributed by atoms with Crippen molar-refractivity contribution in [2.45, 2.75) is 50.2 Å². The molecule has 1 N–H and O–H groups in total. The Morgan fingerprint density at radius 1 is 1.24 bits per heavy atom. The van der Waals surface area contributed by atoms with Crippen molar-refractivity contribution < 1.29 is 9.53 Å². The number of methoxy groups -OCH3 is 1. The molecule has 0 spiro atoms. The summed E-state index contributed by atoms with van der Waals surface area (Å²) in [5.41, 5.74) is 1.42. The molecule has 0 saturated carbocycles. The van der Waals surface area contributed by atoms with Crippen molar-refractivity contribution in [3.8, 4) is 5.75 Å². The number of aryl methyl sites for hydroxylation is 1. The van der Waals surface area contributed by atoms with Crippen LogP contribution in [-0.4, -0.2) is 52.9 Å². The lowest BCUT2D eigenvalue weighted by Gasteiger charge is -2.47. The van der Waals surface area contributed by atoms with Gasteiger partial charge >= 0.3 is 0 Å². The summed E-state index contributed by atoms with van der Waals surface area (Å²) in [6.45, 7) is 0. The summed E-state index contributed by atoms with van der Waals surface area (Å²) >= 11 is 0. The van der Waals surface area contributed by atoms with E-state index in [4.69, 9.17) is 4.74 Å². The summed E-state index contributed by atoms with van der Waals surface area (Å²) in [5.74, 6) is 0.662. The van der Waals surface area contributed by atoms with E-state index in [1.54, 1.807) is 11.8 Å². The van der Waals surface area contributed by atoms with Gasteiger partial charge in [0.15, 0.2) is 5.69 Å². The van der Waals surface area contributed by atoms with Gasteiger partial charge in [0, 0.05) is 30.6 Å². The summed E-state index contributed by atoms with van der Waals surface area (Å²) in [5, 5.41) is 8.54. The molecular formula is C19H26N4O2. The fourth-order valence-electron chi connectivity index (χ4n) is 4.53. The number of aromatic nitrogens is 2. The number of fused-ring (bicyclic) bond motifs is 3. The Labute approximate surface area is 148 Å². The molecule has 0 unspecified atom stereocenters. The average molecular weight is 342 g/mol. The third-order valence-corrected chi connectivity index (χ3v) is 5.95. The lowest BCUT2D eigenvalue weighted by molar-refractivity contribution is 0.0462. The molecule has 1 amide bonds. The number of ether oxygens (including phenoxy) is 1. The number of nitrogens with zero attached hydrogens (tertiary/aromatic N) is 3. The van der Waals surface area contributed by atoms with E-state index in [0.717, 1.165) is 29.5 Å². The minimum absolute atomic E-state index is 0.0773. The van der Waals surface area contributed by atoms with Crippen molar-refractivity contribution in [2.75, 3.05) is 14.2 Å². The number of carbonyl (C=O) groups is 1. The van der Waals surface area contributed by atoms with Crippen LogP contribution in [0.15, 0.2) is 18.2 Å². The molecule has 4 rings (SSSR count). The SMILES string of the molecule is COc1ccc2c(c1)c(C(=O)NC1C[C@@H]3CCC[C@@H](C1)N3C)nn2C. The van der Waals surface area contributed by atoms with Crippen molar-refractivity contribution in [3.05, 3.63) is 23.9 Å².